The smallest absolute Gasteiger partial charge is 0.376 e. The molecule has 0 spiro atoms. The van der Waals surface area contributed by atoms with Gasteiger partial charge in [0, 0.05) is 19.6 Å². The largest absolute Gasteiger partial charge is 0.471 e. The van der Waals surface area contributed by atoms with Gasteiger partial charge in [-0.2, -0.15) is 13.2 Å². The van der Waals surface area contributed by atoms with Crippen molar-refractivity contribution < 1.29 is 22.7 Å². The molecule has 4 nitrogen and oxygen atoms in total. The zero-order chi connectivity index (χ0) is 11.3. The van der Waals surface area contributed by atoms with Gasteiger partial charge in [-0.1, -0.05) is 0 Å². The molecule has 1 saturated heterocycles. The summed E-state index contributed by atoms with van der Waals surface area (Å²) in [6.07, 6.45) is -4.53. The summed E-state index contributed by atoms with van der Waals surface area (Å²) in [6.45, 7) is 1.90. The Morgan fingerprint density at radius 2 is 2.27 bits per heavy atom. The van der Waals surface area contributed by atoms with E-state index in [0.717, 1.165) is 6.54 Å². The fourth-order valence-electron chi connectivity index (χ4n) is 1.25. The fraction of sp³-hybridized carbons (Fsp3) is 0.875. The number of carbonyl (C=O) groups is 1. The molecule has 0 aliphatic carbocycles. The third kappa shape index (κ3) is 4.48. The normalized spacial score (nSPS) is 22.5. The fourth-order valence-corrected chi connectivity index (χ4v) is 1.25. The van der Waals surface area contributed by atoms with Crippen molar-refractivity contribution in [2.45, 2.75) is 18.7 Å². The minimum Gasteiger partial charge on any atom is -0.376 e. The van der Waals surface area contributed by atoms with Crippen molar-refractivity contribution in [2.75, 3.05) is 26.2 Å². The third-order valence-corrected chi connectivity index (χ3v) is 2.01. The molecule has 0 radical (unpaired) electrons. The lowest BCUT2D eigenvalue weighted by Gasteiger charge is -2.23. The van der Waals surface area contributed by atoms with Crippen molar-refractivity contribution in [2.24, 2.45) is 0 Å². The molecule has 0 aromatic heterocycles. The van der Waals surface area contributed by atoms with E-state index < -0.39 is 12.1 Å². The summed E-state index contributed by atoms with van der Waals surface area (Å²) in [6, 6.07) is 0. The van der Waals surface area contributed by atoms with E-state index in [-0.39, 0.29) is 12.6 Å². The van der Waals surface area contributed by atoms with Crippen molar-refractivity contribution in [3.8, 4) is 0 Å². The summed E-state index contributed by atoms with van der Waals surface area (Å²) in [7, 11) is 0. The number of alkyl halides is 3. The van der Waals surface area contributed by atoms with Crippen LogP contribution >= 0.6 is 0 Å². The average Bonchev–Trinajstić information content (AvgIpc) is 2.18. The Hall–Kier alpha value is -0.820. The van der Waals surface area contributed by atoms with Crippen molar-refractivity contribution in [1.29, 1.82) is 0 Å². The summed E-state index contributed by atoms with van der Waals surface area (Å²) >= 11 is 0. The average molecular weight is 226 g/mol. The molecule has 0 bridgehead atoms. The summed E-state index contributed by atoms with van der Waals surface area (Å²) in [5, 5.41) is 4.84. The molecular formula is C8H13F3N2O2. The summed E-state index contributed by atoms with van der Waals surface area (Å²) in [4.78, 5) is 10.4. The van der Waals surface area contributed by atoms with Crippen molar-refractivity contribution >= 4 is 5.91 Å². The molecule has 1 heterocycles. The van der Waals surface area contributed by atoms with Crippen LogP contribution in [-0.4, -0.2) is 44.4 Å². The van der Waals surface area contributed by atoms with Gasteiger partial charge in [-0.15, -0.1) is 0 Å². The van der Waals surface area contributed by atoms with Crippen LogP contribution in [0.2, 0.25) is 0 Å². The van der Waals surface area contributed by atoms with Gasteiger partial charge in [0.2, 0.25) is 0 Å². The van der Waals surface area contributed by atoms with E-state index in [2.05, 4.69) is 5.32 Å². The van der Waals surface area contributed by atoms with Crippen LogP contribution in [-0.2, 0) is 9.53 Å². The Kier molecular flexibility index (Phi) is 4.34. The first-order chi connectivity index (χ1) is 7.00. The highest BCUT2D eigenvalue weighted by Crippen LogP contribution is 2.14. The van der Waals surface area contributed by atoms with Crippen LogP contribution in [0.4, 0.5) is 13.2 Å². The van der Waals surface area contributed by atoms with Gasteiger partial charge in [0.15, 0.2) is 0 Å². The lowest BCUT2D eigenvalue weighted by atomic mass is 10.2. The summed E-state index contributed by atoms with van der Waals surface area (Å²) in [5.41, 5.74) is 0. The Balaban J connectivity index is 2.12. The number of ether oxygens (including phenoxy) is 1. The molecule has 0 aromatic rings. The van der Waals surface area contributed by atoms with Crippen LogP contribution in [0.5, 0.6) is 0 Å². The zero-order valence-corrected chi connectivity index (χ0v) is 8.06. The predicted molar refractivity (Wildman–Crippen MR) is 46.3 cm³/mol. The first kappa shape index (κ1) is 12.3. The molecule has 1 rings (SSSR count). The van der Waals surface area contributed by atoms with Crippen LogP contribution in [0.25, 0.3) is 0 Å². The standard InChI is InChI=1S/C8H13F3N2O2/c9-8(10,11)7(14)13-2-1-6-5-12-3-4-15-6/h6,12H,1-5H2,(H,13,14). The lowest BCUT2D eigenvalue weighted by Crippen LogP contribution is -2.42. The molecule has 7 heteroatoms. The molecule has 1 fully saturated rings. The van der Waals surface area contributed by atoms with E-state index in [4.69, 9.17) is 4.74 Å². The van der Waals surface area contributed by atoms with Crippen LogP contribution < -0.4 is 10.6 Å². The van der Waals surface area contributed by atoms with E-state index in [1.807, 2.05) is 0 Å². The van der Waals surface area contributed by atoms with Gasteiger partial charge >= 0.3 is 12.1 Å². The number of morpholine rings is 1. The second kappa shape index (κ2) is 5.32. The number of halogens is 3. The van der Waals surface area contributed by atoms with E-state index in [1.54, 1.807) is 5.32 Å². The maximum absolute atomic E-state index is 11.8. The minimum absolute atomic E-state index is 0.0231. The van der Waals surface area contributed by atoms with Crippen LogP contribution in [0.3, 0.4) is 0 Å². The zero-order valence-electron chi connectivity index (χ0n) is 8.06. The van der Waals surface area contributed by atoms with E-state index in [0.29, 0.717) is 19.6 Å². The number of rotatable bonds is 3. The SMILES string of the molecule is O=C(NCCC1CNCCO1)C(F)(F)F. The number of amides is 1. The molecule has 88 valence electrons. The topological polar surface area (TPSA) is 50.4 Å². The van der Waals surface area contributed by atoms with Gasteiger partial charge in [0.05, 0.1) is 12.7 Å². The molecule has 1 atom stereocenters. The minimum atomic E-state index is -4.80. The second-order valence-electron chi connectivity index (χ2n) is 3.24. The molecule has 15 heavy (non-hydrogen) atoms. The predicted octanol–water partition coefficient (Wildman–Crippen LogP) is 0.0434. The Morgan fingerprint density at radius 1 is 1.53 bits per heavy atom. The maximum Gasteiger partial charge on any atom is 0.471 e. The highest BCUT2D eigenvalue weighted by molar-refractivity contribution is 5.81. The van der Waals surface area contributed by atoms with Gasteiger partial charge in [0.25, 0.3) is 0 Å². The van der Waals surface area contributed by atoms with Gasteiger partial charge in [-0.3, -0.25) is 4.79 Å². The highest BCUT2D eigenvalue weighted by Gasteiger charge is 2.38. The summed E-state index contributed by atoms with van der Waals surface area (Å²) in [5.74, 6) is -1.90. The highest BCUT2D eigenvalue weighted by atomic mass is 19.4. The molecule has 1 amide bonds. The maximum atomic E-state index is 11.8. The lowest BCUT2D eigenvalue weighted by molar-refractivity contribution is -0.173. The second-order valence-corrected chi connectivity index (χ2v) is 3.24. The molecule has 0 saturated carbocycles. The first-order valence-corrected chi connectivity index (χ1v) is 4.67. The van der Waals surface area contributed by atoms with E-state index in [9.17, 15) is 18.0 Å². The van der Waals surface area contributed by atoms with Crippen LogP contribution in [0.15, 0.2) is 0 Å². The van der Waals surface area contributed by atoms with E-state index in [1.165, 1.54) is 0 Å². The number of hydrogen-bond acceptors (Lipinski definition) is 3. The first-order valence-electron chi connectivity index (χ1n) is 4.67. The van der Waals surface area contributed by atoms with Gasteiger partial charge in [0.1, 0.15) is 0 Å². The Bertz CT molecular complexity index is 214. The summed E-state index contributed by atoms with van der Waals surface area (Å²) < 4.78 is 40.5. The third-order valence-electron chi connectivity index (χ3n) is 2.01. The molecular weight excluding hydrogens is 213 g/mol. The van der Waals surface area contributed by atoms with Crippen LogP contribution in [0.1, 0.15) is 6.42 Å². The van der Waals surface area contributed by atoms with Crippen LogP contribution in [0, 0.1) is 0 Å². The van der Waals surface area contributed by atoms with Gasteiger partial charge < -0.3 is 15.4 Å². The number of hydrogen-bond donors (Lipinski definition) is 2. The Labute approximate surface area is 85.2 Å². The molecule has 1 aliphatic heterocycles. The molecule has 1 aliphatic rings. The number of carbonyl (C=O) groups excluding carboxylic acids is 1. The molecule has 2 N–H and O–H groups in total. The van der Waals surface area contributed by atoms with Gasteiger partial charge in [-0.25, -0.2) is 0 Å². The van der Waals surface area contributed by atoms with E-state index >= 15 is 0 Å². The Morgan fingerprint density at radius 3 is 2.80 bits per heavy atom. The van der Waals surface area contributed by atoms with Gasteiger partial charge in [-0.05, 0) is 6.42 Å². The van der Waals surface area contributed by atoms with Crippen molar-refractivity contribution in [1.82, 2.24) is 10.6 Å². The number of nitrogens with one attached hydrogen (secondary N) is 2. The van der Waals surface area contributed by atoms with Crippen molar-refractivity contribution in [3.63, 3.8) is 0 Å². The quantitative estimate of drug-likeness (QED) is 0.714. The molecule has 0 aromatic carbocycles. The van der Waals surface area contributed by atoms with Crippen molar-refractivity contribution in [3.05, 3.63) is 0 Å². The molecule has 1 unspecified atom stereocenters. The monoisotopic (exact) mass is 226 g/mol.